The molecule has 1 saturated heterocycles. The molecule has 0 aliphatic carbocycles. The molecule has 2 heterocycles. The smallest absolute Gasteiger partial charge is 0.229 e. The van der Waals surface area contributed by atoms with E-state index in [1.165, 1.54) is 7.11 Å². The van der Waals surface area contributed by atoms with Crippen molar-refractivity contribution < 1.29 is 49.6 Å². The first-order valence-electron chi connectivity index (χ1n) is 11.6. The molecule has 0 saturated carbocycles. The van der Waals surface area contributed by atoms with Crippen LogP contribution in [0.25, 0.3) is 0 Å². The van der Waals surface area contributed by atoms with Crippen LogP contribution in [0.5, 0.6) is 23.0 Å². The van der Waals surface area contributed by atoms with Crippen LogP contribution in [0.15, 0.2) is 30.3 Å². The highest BCUT2D eigenvalue weighted by molar-refractivity contribution is 5.55. The van der Waals surface area contributed by atoms with Crippen molar-refractivity contribution in [3.05, 3.63) is 47.0 Å². The third kappa shape index (κ3) is 4.90. The van der Waals surface area contributed by atoms with Crippen molar-refractivity contribution in [3.8, 4) is 23.0 Å². The number of rotatable bonds is 8. The highest BCUT2D eigenvalue weighted by atomic mass is 16.7. The molecule has 10 heteroatoms. The van der Waals surface area contributed by atoms with E-state index in [0.717, 1.165) is 5.56 Å². The monoisotopic (exact) mass is 492 g/mol. The molecule has 192 valence electrons. The first kappa shape index (κ1) is 25.5. The Kier molecular flexibility index (Phi) is 7.70. The molecule has 0 bridgehead atoms. The Hall–Kier alpha value is -2.60. The van der Waals surface area contributed by atoms with Crippen molar-refractivity contribution in [1.29, 1.82) is 0 Å². The van der Waals surface area contributed by atoms with Crippen LogP contribution in [0.1, 0.15) is 42.1 Å². The van der Waals surface area contributed by atoms with Gasteiger partial charge in [-0.15, -0.1) is 0 Å². The molecule has 2 aliphatic rings. The largest absolute Gasteiger partial charge is 0.504 e. The zero-order valence-corrected chi connectivity index (χ0v) is 19.6. The van der Waals surface area contributed by atoms with E-state index in [2.05, 4.69) is 0 Å². The predicted molar refractivity (Wildman–Crippen MR) is 123 cm³/mol. The van der Waals surface area contributed by atoms with Gasteiger partial charge in [0.05, 0.1) is 25.7 Å². The molecule has 2 aliphatic heterocycles. The zero-order valence-electron chi connectivity index (χ0n) is 19.6. The summed E-state index contributed by atoms with van der Waals surface area (Å²) < 4.78 is 22.8. The summed E-state index contributed by atoms with van der Waals surface area (Å²) in [4.78, 5) is 0. The van der Waals surface area contributed by atoms with Gasteiger partial charge in [-0.2, -0.15) is 0 Å². The summed E-state index contributed by atoms with van der Waals surface area (Å²) in [5.41, 5.74) is 2.19. The number of methoxy groups -OCH3 is 1. The van der Waals surface area contributed by atoms with Crippen LogP contribution < -0.4 is 14.2 Å². The fourth-order valence-electron chi connectivity index (χ4n) is 4.59. The van der Waals surface area contributed by atoms with E-state index >= 15 is 0 Å². The van der Waals surface area contributed by atoms with Crippen LogP contribution in [-0.4, -0.2) is 81.7 Å². The molecule has 1 fully saturated rings. The van der Waals surface area contributed by atoms with Gasteiger partial charge in [-0.05, 0) is 49.1 Å². The molecule has 10 nitrogen and oxygen atoms in total. The minimum absolute atomic E-state index is 0.0263. The number of hydrogen-bond donors (Lipinski definition) is 6. The molecule has 35 heavy (non-hydrogen) atoms. The van der Waals surface area contributed by atoms with Gasteiger partial charge < -0.3 is 49.6 Å². The molecule has 2 aromatic rings. The minimum Gasteiger partial charge on any atom is -0.504 e. The third-order valence-electron chi connectivity index (χ3n) is 6.56. The van der Waals surface area contributed by atoms with Crippen LogP contribution in [0.3, 0.4) is 0 Å². The number of aromatic hydroxyl groups is 1. The van der Waals surface area contributed by atoms with Gasteiger partial charge in [0.1, 0.15) is 24.4 Å². The van der Waals surface area contributed by atoms with E-state index in [0.29, 0.717) is 35.5 Å². The number of fused-ring (bicyclic) bond motifs is 1. The molecular weight excluding hydrogens is 460 g/mol. The second-order valence-electron chi connectivity index (χ2n) is 8.90. The Bertz CT molecular complexity index is 1030. The van der Waals surface area contributed by atoms with Gasteiger partial charge in [0.2, 0.25) is 6.29 Å². The van der Waals surface area contributed by atoms with E-state index < -0.39 is 42.7 Å². The number of ether oxygens (including phenoxy) is 4. The second kappa shape index (κ2) is 10.6. The number of hydrogen-bond acceptors (Lipinski definition) is 10. The Balaban J connectivity index is 1.58. The number of aliphatic hydroxyl groups excluding tert-OH is 5. The summed E-state index contributed by atoms with van der Waals surface area (Å²) in [6.45, 7) is 1.38. The lowest BCUT2D eigenvalue weighted by Crippen LogP contribution is -2.58. The summed E-state index contributed by atoms with van der Waals surface area (Å²) in [6, 6.07) is 8.46. The van der Waals surface area contributed by atoms with E-state index in [-0.39, 0.29) is 24.7 Å². The fourth-order valence-corrected chi connectivity index (χ4v) is 4.59. The normalized spacial score (nSPS) is 30.0. The molecule has 4 rings (SSSR count). The average Bonchev–Trinajstić information content (AvgIpc) is 3.24. The number of aliphatic hydroxyl groups is 5. The van der Waals surface area contributed by atoms with E-state index in [9.17, 15) is 25.5 Å². The molecule has 0 radical (unpaired) electrons. The first-order chi connectivity index (χ1) is 16.8. The summed E-state index contributed by atoms with van der Waals surface area (Å²) in [7, 11) is 1.44. The van der Waals surface area contributed by atoms with Crippen LogP contribution in [0.4, 0.5) is 0 Å². The summed E-state index contributed by atoms with van der Waals surface area (Å²) in [5.74, 6) is 0.377. The maximum Gasteiger partial charge on any atom is 0.229 e. The van der Waals surface area contributed by atoms with Crippen LogP contribution in [-0.2, 0) is 11.2 Å². The number of benzene rings is 2. The Morgan fingerprint density at radius 1 is 0.971 bits per heavy atom. The highest BCUT2D eigenvalue weighted by Gasteiger charge is 2.43. The predicted octanol–water partition coefficient (Wildman–Crippen LogP) is 0.742. The third-order valence-corrected chi connectivity index (χ3v) is 6.56. The second-order valence-corrected chi connectivity index (χ2v) is 8.90. The molecule has 0 amide bonds. The SMILES string of the molecule is COc1cc([C@H]2Oc3c(O)cc(CCCO)cc3[C@@H]2CO)ccc1O[C@@H]1O[C@@H](C)[C@@H](O)[C@@H](O)[C@H]1O. The van der Waals surface area contributed by atoms with Gasteiger partial charge in [-0.25, -0.2) is 0 Å². The standard InChI is InChI=1S/C25H32O10/c1-12-20(29)21(30)22(31)25(33-12)34-18-6-5-14(10-19(18)32-2)23-16(11-27)15-8-13(4-3-7-26)9-17(28)24(15)35-23/h5-6,8-10,12,16,20-23,25-31H,3-4,7,11H2,1-2H3/t12-,16-,20+,21+,22+,23+,25-/m0/s1. The van der Waals surface area contributed by atoms with Crippen molar-refractivity contribution in [3.63, 3.8) is 0 Å². The van der Waals surface area contributed by atoms with Crippen molar-refractivity contribution >= 4 is 0 Å². The van der Waals surface area contributed by atoms with Crippen LogP contribution >= 0.6 is 0 Å². The number of aryl methyl sites for hydroxylation is 1. The molecule has 0 spiro atoms. The van der Waals surface area contributed by atoms with Gasteiger partial charge in [-0.1, -0.05) is 12.1 Å². The van der Waals surface area contributed by atoms with Gasteiger partial charge in [-0.3, -0.25) is 0 Å². The topological polar surface area (TPSA) is 158 Å². The molecule has 2 aromatic carbocycles. The first-order valence-corrected chi connectivity index (χ1v) is 11.6. The van der Waals surface area contributed by atoms with Gasteiger partial charge in [0, 0.05) is 12.2 Å². The maximum absolute atomic E-state index is 10.5. The molecular formula is C25H32O10. The molecule has 7 atom stereocenters. The maximum atomic E-state index is 10.5. The summed E-state index contributed by atoms with van der Waals surface area (Å²) in [6.07, 6.45) is -5.60. The van der Waals surface area contributed by atoms with Crippen molar-refractivity contribution in [2.24, 2.45) is 0 Å². The van der Waals surface area contributed by atoms with Crippen LogP contribution in [0.2, 0.25) is 0 Å². The number of phenolic OH excluding ortho intramolecular Hbond substituents is 1. The molecule has 0 aromatic heterocycles. The van der Waals surface area contributed by atoms with Gasteiger partial charge in [0.15, 0.2) is 23.0 Å². The Labute approximate surface area is 202 Å². The Morgan fingerprint density at radius 2 is 1.74 bits per heavy atom. The highest BCUT2D eigenvalue weighted by Crippen LogP contribution is 2.51. The Morgan fingerprint density at radius 3 is 2.43 bits per heavy atom. The summed E-state index contributed by atoms with van der Waals surface area (Å²) in [5, 5.41) is 60.0. The lowest BCUT2D eigenvalue weighted by atomic mass is 9.90. The molecule has 0 unspecified atom stereocenters. The van der Waals surface area contributed by atoms with Gasteiger partial charge in [0.25, 0.3) is 0 Å². The van der Waals surface area contributed by atoms with Crippen molar-refractivity contribution in [2.75, 3.05) is 20.3 Å². The van der Waals surface area contributed by atoms with Crippen molar-refractivity contribution in [2.45, 2.75) is 62.5 Å². The summed E-state index contributed by atoms with van der Waals surface area (Å²) >= 11 is 0. The lowest BCUT2D eigenvalue weighted by molar-refractivity contribution is -0.268. The molecule has 6 N–H and O–H groups in total. The van der Waals surface area contributed by atoms with Gasteiger partial charge >= 0.3 is 0 Å². The van der Waals surface area contributed by atoms with E-state index in [1.807, 2.05) is 6.07 Å². The minimum atomic E-state index is -1.47. The average molecular weight is 493 g/mol. The van der Waals surface area contributed by atoms with Crippen molar-refractivity contribution in [1.82, 2.24) is 0 Å². The van der Waals surface area contributed by atoms with Crippen LogP contribution in [0, 0.1) is 0 Å². The lowest BCUT2D eigenvalue weighted by Gasteiger charge is -2.39. The zero-order chi connectivity index (χ0) is 25.3. The quantitative estimate of drug-likeness (QED) is 0.310. The van der Waals surface area contributed by atoms with E-state index in [4.69, 9.17) is 24.1 Å². The van der Waals surface area contributed by atoms with E-state index in [1.54, 1.807) is 31.2 Å². The number of phenols is 1. The fraction of sp³-hybridized carbons (Fsp3) is 0.520.